The summed E-state index contributed by atoms with van der Waals surface area (Å²) in [6.07, 6.45) is 2.63. The summed E-state index contributed by atoms with van der Waals surface area (Å²) in [5.41, 5.74) is 3.03. The fourth-order valence-corrected chi connectivity index (χ4v) is 7.86. The number of hydrogen-bond donors (Lipinski definition) is 2. The lowest BCUT2D eigenvalue weighted by Gasteiger charge is -2.33. The summed E-state index contributed by atoms with van der Waals surface area (Å²) in [6, 6.07) is 26.1. The molecule has 9 heteroatoms. The lowest BCUT2D eigenvalue weighted by atomic mass is 9.72. The van der Waals surface area contributed by atoms with Gasteiger partial charge in [-0.15, -0.1) is 23.1 Å². The number of anilines is 2. The highest BCUT2D eigenvalue weighted by atomic mass is 32.2. The van der Waals surface area contributed by atoms with E-state index in [4.69, 9.17) is 9.47 Å². The Morgan fingerprint density at radius 3 is 2.36 bits per heavy atom. The van der Waals surface area contributed by atoms with Crippen molar-refractivity contribution in [1.29, 1.82) is 0 Å². The largest absolute Gasteiger partial charge is 0.484 e. The van der Waals surface area contributed by atoms with Crippen LogP contribution < -0.4 is 15.4 Å². The van der Waals surface area contributed by atoms with Gasteiger partial charge in [0.15, 0.2) is 6.61 Å². The Morgan fingerprint density at radius 2 is 1.67 bits per heavy atom. The van der Waals surface area contributed by atoms with Gasteiger partial charge in [-0.3, -0.25) is 9.59 Å². The molecule has 1 heterocycles. The van der Waals surface area contributed by atoms with Gasteiger partial charge >= 0.3 is 5.97 Å². The van der Waals surface area contributed by atoms with Crippen molar-refractivity contribution in [3.05, 3.63) is 106 Å². The standard InChI is InChI=1S/C36H38N2O5S2/c1-36(2,3)24-18-19-28-29(20-24)45-34(31(28)35(41)42-4)38-33(40)32(23-12-7-5-8-13-23)44-27-17-11-14-25(21-27)37-30(39)22-43-26-15-9-6-10-16-26/h5-17,21,24,32H,18-20,22H2,1-4H3,(H,37,39)(H,38,40). The van der Waals surface area contributed by atoms with E-state index in [9.17, 15) is 14.4 Å². The number of benzene rings is 3. The first-order chi connectivity index (χ1) is 21.6. The molecule has 2 atom stereocenters. The molecule has 0 bridgehead atoms. The second-order valence-electron chi connectivity index (χ2n) is 12.1. The Kier molecular flexibility index (Phi) is 10.3. The van der Waals surface area contributed by atoms with E-state index in [0.29, 0.717) is 27.9 Å². The van der Waals surface area contributed by atoms with Gasteiger partial charge in [0.25, 0.3) is 5.91 Å². The second-order valence-corrected chi connectivity index (χ2v) is 14.4. The molecule has 1 aliphatic rings. The highest BCUT2D eigenvalue weighted by Crippen LogP contribution is 2.45. The van der Waals surface area contributed by atoms with Crippen molar-refractivity contribution in [3.8, 4) is 5.75 Å². The summed E-state index contributed by atoms with van der Waals surface area (Å²) in [7, 11) is 1.38. The molecule has 4 aromatic rings. The lowest BCUT2D eigenvalue weighted by molar-refractivity contribution is -0.118. The minimum absolute atomic E-state index is 0.125. The van der Waals surface area contributed by atoms with Crippen molar-refractivity contribution in [1.82, 2.24) is 0 Å². The van der Waals surface area contributed by atoms with Crippen LogP contribution in [0.2, 0.25) is 0 Å². The summed E-state index contributed by atoms with van der Waals surface area (Å²) in [4.78, 5) is 41.5. The first-order valence-corrected chi connectivity index (χ1v) is 16.6. The van der Waals surface area contributed by atoms with Crippen LogP contribution in [0.5, 0.6) is 5.75 Å². The van der Waals surface area contributed by atoms with E-state index in [2.05, 4.69) is 31.4 Å². The molecule has 5 rings (SSSR count). The van der Waals surface area contributed by atoms with Crippen LogP contribution in [-0.4, -0.2) is 31.5 Å². The molecule has 0 radical (unpaired) electrons. The van der Waals surface area contributed by atoms with E-state index < -0.39 is 11.2 Å². The molecule has 0 fully saturated rings. The van der Waals surface area contributed by atoms with Crippen LogP contribution in [0.4, 0.5) is 10.7 Å². The number of carbonyl (C=O) groups excluding carboxylic acids is 3. The average Bonchev–Trinajstić information content (AvgIpc) is 3.40. The Labute approximate surface area is 272 Å². The van der Waals surface area contributed by atoms with Gasteiger partial charge < -0.3 is 20.1 Å². The third kappa shape index (κ3) is 8.15. The molecular formula is C36H38N2O5S2. The number of thiophene rings is 1. The minimum atomic E-state index is -0.620. The summed E-state index contributed by atoms with van der Waals surface area (Å²) >= 11 is 2.86. The number of ether oxygens (including phenoxy) is 2. The number of esters is 1. The van der Waals surface area contributed by atoms with Crippen molar-refractivity contribution in [3.63, 3.8) is 0 Å². The van der Waals surface area contributed by atoms with E-state index in [1.807, 2.05) is 66.7 Å². The molecular weight excluding hydrogens is 605 g/mol. The molecule has 0 aliphatic heterocycles. The van der Waals surface area contributed by atoms with Crippen LogP contribution in [-0.2, 0) is 27.2 Å². The highest BCUT2D eigenvalue weighted by Gasteiger charge is 2.35. The molecule has 1 aliphatic carbocycles. The molecule has 1 aromatic heterocycles. The van der Waals surface area contributed by atoms with E-state index in [0.717, 1.165) is 40.2 Å². The maximum atomic E-state index is 14.0. The predicted molar refractivity (Wildman–Crippen MR) is 181 cm³/mol. The Balaban J connectivity index is 1.35. The van der Waals surface area contributed by atoms with Gasteiger partial charge in [-0.1, -0.05) is 75.4 Å². The number of rotatable bonds is 10. The van der Waals surface area contributed by atoms with Gasteiger partial charge in [-0.05, 0) is 72.1 Å². The zero-order chi connectivity index (χ0) is 32.0. The highest BCUT2D eigenvalue weighted by molar-refractivity contribution is 8.00. The molecule has 0 spiro atoms. The number of fused-ring (bicyclic) bond motifs is 1. The van der Waals surface area contributed by atoms with Gasteiger partial charge in [0, 0.05) is 15.5 Å². The van der Waals surface area contributed by atoms with Crippen molar-refractivity contribution < 1.29 is 23.9 Å². The molecule has 3 aromatic carbocycles. The number of thioether (sulfide) groups is 1. The van der Waals surface area contributed by atoms with Crippen LogP contribution in [0.25, 0.3) is 0 Å². The minimum Gasteiger partial charge on any atom is -0.484 e. The molecule has 2 unspecified atom stereocenters. The fourth-order valence-electron chi connectivity index (χ4n) is 5.46. The van der Waals surface area contributed by atoms with Crippen LogP contribution in [0, 0.1) is 11.3 Å². The van der Waals surface area contributed by atoms with Gasteiger partial charge in [0.05, 0.1) is 12.7 Å². The van der Waals surface area contributed by atoms with Crippen molar-refractivity contribution in [2.24, 2.45) is 11.3 Å². The average molecular weight is 643 g/mol. The van der Waals surface area contributed by atoms with E-state index >= 15 is 0 Å². The maximum absolute atomic E-state index is 14.0. The number of methoxy groups -OCH3 is 1. The lowest BCUT2D eigenvalue weighted by Crippen LogP contribution is -2.26. The summed E-state index contributed by atoms with van der Waals surface area (Å²) in [5.74, 6) is 0.144. The van der Waals surface area contributed by atoms with Crippen LogP contribution in [0.1, 0.15) is 58.8 Å². The SMILES string of the molecule is COC(=O)c1c(NC(=O)C(Sc2cccc(NC(=O)COc3ccccc3)c2)c2ccccc2)sc2c1CCC(C(C)(C)C)C2. The third-order valence-electron chi connectivity index (χ3n) is 7.94. The fraction of sp³-hybridized carbons (Fsp3) is 0.306. The third-order valence-corrected chi connectivity index (χ3v) is 10.4. The van der Waals surface area contributed by atoms with Crippen LogP contribution >= 0.6 is 23.1 Å². The molecule has 2 N–H and O–H groups in total. The smallest absolute Gasteiger partial charge is 0.341 e. The van der Waals surface area contributed by atoms with E-state index in [1.165, 1.54) is 30.2 Å². The van der Waals surface area contributed by atoms with Gasteiger partial charge in [0.1, 0.15) is 16.0 Å². The number of nitrogens with one attached hydrogen (secondary N) is 2. The first kappa shape index (κ1) is 32.3. The normalized spacial score (nSPS) is 15.0. The topological polar surface area (TPSA) is 93.7 Å². The van der Waals surface area contributed by atoms with Crippen molar-refractivity contribution in [2.75, 3.05) is 24.4 Å². The second kappa shape index (κ2) is 14.3. The van der Waals surface area contributed by atoms with Crippen LogP contribution in [0.15, 0.2) is 89.8 Å². The Bertz CT molecular complexity index is 1650. The van der Waals surface area contributed by atoms with Crippen molar-refractivity contribution in [2.45, 2.75) is 50.2 Å². The number of para-hydroxylation sites is 1. The predicted octanol–water partition coefficient (Wildman–Crippen LogP) is 8.18. The number of amides is 2. The zero-order valence-electron chi connectivity index (χ0n) is 25.9. The van der Waals surface area contributed by atoms with Crippen LogP contribution in [0.3, 0.4) is 0 Å². The zero-order valence-corrected chi connectivity index (χ0v) is 27.6. The summed E-state index contributed by atoms with van der Waals surface area (Å²) in [5, 5.41) is 5.90. The first-order valence-electron chi connectivity index (χ1n) is 15.0. The number of hydrogen-bond acceptors (Lipinski definition) is 7. The molecule has 234 valence electrons. The van der Waals surface area contributed by atoms with Gasteiger partial charge in [0.2, 0.25) is 5.91 Å². The maximum Gasteiger partial charge on any atom is 0.341 e. The summed E-state index contributed by atoms with van der Waals surface area (Å²) < 4.78 is 10.7. The van der Waals surface area contributed by atoms with Crippen molar-refractivity contribution >= 4 is 51.6 Å². The molecule has 0 saturated heterocycles. The number of carbonyl (C=O) groups is 3. The Hall–Kier alpha value is -4.08. The Morgan fingerprint density at radius 1 is 0.956 bits per heavy atom. The van der Waals surface area contributed by atoms with Gasteiger partial charge in [-0.2, -0.15) is 0 Å². The summed E-state index contributed by atoms with van der Waals surface area (Å²) in [6.45, 7) is 6.63. The van der Waals surface area contributed by atoms with Gasteiger partial charge in [-0.25, -0.2) is 4.79 Å². The monoisotopic (exact) mass is 642 g/mol. The molecule has 2 amide bonds. The van der Waals surface area contributed by atoms with E-state index in [1.54, 1.807) is 18.2 Å². The van der Waals surface area contributed by atoms with E-state index in [-0.39, 0.29) is 23.8 Å². The molecule has 45 heavy (non-hydrogen) atoms. The molecule has 7 nitrogen and oxygen atoms in total. The quantitative estimate of drug-likeness (QED) is 0.134. The molecule has 0 saturated carbocycles.